The van der Waals surface area contributed by atoms with E-state index in [0.717, 1.165) is 31.2 Å². The standard InChI is InChI=1S/C29H37Cl2N5O4S/c1-2-3-4-5-16-36(29(33)38)23-10-12-24(13-11-23)41(39,40)35-22-8-6-20(7-9-22)14-15-34-19-27(37)21-17-25(30)28(32)26(31)18-21/h6-13,17-18,27,34-35,37H,2-5,14-16,19,32H2,1H3,(H2,33,38)/t27-/m0/s1. The van der Waals surface area contributed by atoms with Gasteiger partial charge in [0.15, 0.2) is 0 Å². The van der Waals surface area contributed by atoms with Gasteiger partial charge in [0.05, 0.1) is 26.7 Å². The number of aliphatic hydroxyl groups is 1. The van der Waals surface area contributed by atoms with Gasteiger partial charge in [-0.1, -0.05) is 61.5 Å². The zero-order valence-corrected chi connectivity index (χ0v) is 25.3. The molecular formula is C29H37Cl2N5O4S. The van der Waals surface area contributed by atoms with E-state index in [2.05, 4.69) is 17.0 Å². The molecule has 222 valence electrons. The molecule has 0 aliphatic carbocycles. The molecule has 0 radical (unpaired) electrons. The number of rotatable bonds is 15. The highest BCUT2D eigenvalue weighted by molar-refractivity contribution is 7.92. The molecule has 12 heteroatoms. The van der Waals surface area contributed by atoms with Crippen LogP contribution in [0.2, 0.25) is 10.0 Å². The van der Waals surface area contributed by atoms with Crippen molar-refractivity contribution in [2.45, 2.75) is 50.0 Å². The average molecular weight is 623 g/mol. The summed E-state index contributed by atoms with van der Waals surface area (Å²) in [5.41, 5.74) is 14.1. The summed E-state index contributed by atoms with van der Waals surface area (Å²) in [5, 5.41) is 14.2. The van der Waals surface area contributed by atoms with Crippen molar-refractivity contribution in [3.8, 4) is 0 Å². The lowest BCUT2D eigenvalue weighted by Crippen LogP contribution is -2.36. The Labute approximate surface area is 251 Å². The molecule has 0 aliphatic rings. The van der Waals surface area contributed by atoms with Gasteiger partial charge in [-0.15, -0.1) is 0 Å². The van der Waals surface area contributed by atoms with Crippen molar-refractivity contribution in [3.63, 3.8) is 0 Å². The number of nitrogens with zero attached hydrogens (tertiary/aromatic N) is 1. The van der Waals surface area contributed by atoms with Gasteiger partial charge in [-0.2, -0.15) is 0 Å². The number of anilines is 3. The second kappa shape index (κ2) is 15.3. The zero-order valence-electron chi connectivity index (χ0n) is 22.9. The van der Waals surface area contributed by atoms with Crippen LogP contribution in [0.15, 0.2) is 65.6 Å². The van der Waals surface area contributed by atoms with Crippen molar-refractivity contribution in [1.82, 2.24) is 5.32 Å². The number of urea groups is 1. The first-order chi connectivity index (χ1) is 19.5. The van der Waals surface area contributed by atoms with Gasteiger partial charge in [-0.3, -0.25) is 9.62 Å². The van der Waals surface area contributed by atoms with Crippen LogP contribution in [-0.4, -0.2) is 39.2 Å². The lowest BCUT2D eigenvalue weighted by Gasteiger charge is -2.21. The van der Waals surface area contributed by atoms with Crippen LogP contribution >= 0.6 is 23.2 Å². The van der Waals surface area contributed by atoms with Crippen molar-refractivity contribution in [2.75, 3.05) is 35.0 Å². The number of carbonyl (C=O) groups excluding carboxylic acids is 1. The topological polar surface area (TPSA) is 151 Å². The average Bonchev–Trinajstić information content (AvgIpc) is 2.94. The minimum Gasteiger partial charge on any atom is -0.396 e. The summed E-state index contributed by atoms with van der Waals surface area (Å²) < 4.78 is 28.4. The van der Waals surface area contributed by atoms with Crippen molar-refractivity contribution >= 4 is 56.3 Å². The number of benzene rings is 3. The first kappa shape index (κ1) is 32.5. The molecule has 41 heavy (non-hydrogen) atoms. The highest BCUT2D eigenvalue weighted by atomic mass is 35.5. The van der Waals surface area contributed by atoms with Gasteiger partial charge in [0.25, 0.3) is 10.0 Å². The number of carbonyl (C=O) groups is 1. The highest BCUT2D eigenvalue weighted by Gasteiger charge is 2.17. The summed E-state index contributed by atoms with van der Waals surface area (Å²) in [5.74, 6) is 0. The van der Waals surface area contributed by atoms with Crippen LogP contribution in [0.3, 0.4) is 0 Å². The molecule has 3 rings (SSSR count). The molecule has 7 N–H and O–H groups in total. The van der Waals surface area contributed by atoms with Gasteiger partial charge in [0, 0.05) is 24.5 Å². The number of hydrogen-bond acceptors (Lipinski definition) is 6. The van der Waals surface area contributed by atoms with E-state index in [1.165, 1.54) is 17.0 Å². The van der Waals surface area contributed by atoms with Gasteiger partial charge in [-0.25, -0.2) is 13.2 Å². The Kier molecular flexibility index (Phi) is 12.1. The molecule has 9 nitrogen and oxygen atoms in total. The third-order valence-corrected chi connectivity index (χ3v) is 8.60. The number of unbranched alkanes of at least 4 members (excludes halogenated alkanes) is 3. The molecule has 3 aromatic carbocycles. The lowest BCUT2D eigenvalue weighted by atomic mass is 10.1. The van der Waals surface area contributed by atoms with E-state index in [9.17, 15) is 18.3 Å². The quantitative estimate of drug-likeness (QED) is 0.108. The Morgan fingerprint density at radius 3 is 2.22 bits per heavy atom. The Morgan fingerprint density at radius 1 is 1.00 bits per heavy atom. The minimum atomic E-state index is -3.83. The molecule has 0 heterocycles. The van der Waals surface area contributed by atoms with E-state index in [0.29, 0.717) is 53.0 Å². The van der Waals surface area contributed by atoms with E-state index >= 15 is 0 Å². The maximum Gasteiger partial charge on any atom is 0.319 e. The summed E-state index contributed by atoms with van der Waals surface area (Å²) in [4.78, 5) is 13.4. The third-order valence-electron chi connectivity index (χ3n) is 6.58. The van der Waals surface area contributed by atoms with Gasteiger partial charge < -0.3 is 21.9 Å². The van der Waals surface area contributed by atoms with Crippen LogP contribution in [0.1, 0.15) is 49.8 Å². The molecule has 0 aromatic heterocycles. The molecule has 0 saturated carbocycles. The predicted molar refractivity (Wildman–Crippen MR) is 167 cm³/mol. The Bertz CT molecular complexity index is 1380. The SMILES string of the molecule is CCCCCCN(C(N)=O)c1ccc(S(=O)(=O)Nc2ccc(CCNC[C@H](O)c3cc(Cl)c(N)c(Cl)c3)cc2)cc1. The number of aliphatic hydroxyl groups excluding tert-OH is 1. The number of amides is 2. The number of primary amides is 1. The largest absolute Gasteiger partial charge is 0.396 e. The molecule has 0 saturated heterocycles. The molecule has 0 aliphatic heterocycles. The fraction of sp³-hybridized carbons (Fsp3) is 0.345. The molecule has 0 unspecified atom stereocenters. The summed E-state index contributed by atoms with van der Waals surface area (Å²) in [7, 11) is -3.83. The Hall–Kier alpha value is -3.02. The van der Waals surface area contributed by atoms with Crippen molar-refractivity contribution in [1.29, 1.82) is 0 Å². The monoisotopic (exact) mass is 621 g/mol. The van der Waals surface area contributed by atoms with Crippen LogP contribution in [0.25, 0.3) is 0 Å². The number of halogens is 2. The summed E-state index contributed by atoms with van der Waals surface area (Å²) in [6.07, 6.45) is 3.83. The van der Waals surface area contributed by atoms with Crippen LogP contribution < -0.4 is 26.4 Å². The van der Waals surface area contributed by atoms with Crippen molar-refractivity contribution < 1.29 is 18.3 Å². The van der Waals surface area contributed by atoms with Crippen LogP contribution in [0, 0.1) is 0 Å². The minimum absolute atomic E-state index is 0.0761. The zero-order chi connectivity index (χ0) is 30.0. The second-order valence-corrected chi connectivity index (χ2v) is 12.2. The number of nitrogens with two attached hydrogens (primary N) is 2. The fourth-order valence-corrected chi connectivity index (χ4v) is 5.77. The second-order valence-electron chi connectivity index (χ2n) is 9.72. The summed E-state index contributed by atoms with van der Waals surface area (Å²) >= 11 is 12.1. The van der Waals surface area contributed by atoms with E-state index in [1.54, 1.807) is 36.4 Å². The lowest BCUT2D eigenvalue weighted by molar-refractivity contribution is 0.175. The fourth-order valence-electron chi connectivity index (χ4n) is 4.21. The molecule has 2 amide bonds. The van der Waals surface area contributed by atoms with Crippen LogP contribution in [-0.2, 0) is 16.4 Å². The molecule has 0 spiro atoms. The normalized spacial score (nSPS) is 12.2. The van der Waals surface area contributed by atoms with Gasteiger partial charge in [0.1, 0.15) is 0 Å². The highest BCUT2D eigenvalue weighted by Crippen LogP contribution is 2.31. The van der Waals surface area contributed by atoms with E-state index in [-0.39, 0.29) is 10.6 Å². The summed E-state index contributed by atoms with van der Waals surface area (Å²) in [6.45, 7) is 3.48. The molecular weight excluding hydrogens is 585 g/mol. The molecule has 3 aromatic rings. The number of nitrogen functional groups attached to an aromatic ring is 1. The van der Waals surface area contributed by atoms with E-state index < -0.39 is 22.2 Å². The number of hydrogen-bond donors (Lipinski definition) is 5. The Morgan fingerprint density at radius 2 is 1.63 bits per heavy atom. The number of sulfonamides is 1. The van der Waals surface area contributed by atoms with Crippen LogP contribution in [0.5, 0.6) is 0 Å². The van der Waals surface area contributed by atoms with Gasteiger partial charge in [-0.05, 0) is 79.0 Å². The van der Waals surface area contributed by atoms with Gasteiger partial charge in [0.2, 0.25) is 0 Å². The maximum atomic E-state index is 12.9. The Balaban J connectivity index is 1.51. The van der Waals surface area contributed by atoms with E-state index in [1.807, 2.05) is 12.1 Å². The predicted octanol–water partition coefficient (Wildman–Crippen LogP) is 5.71. The van der Waals surface area contributed by atoms with Crippen molar-refractivity contribution in [2.24, 2.45) is 5.73 Å². The van der Waals surface area contributed by atoms with E-state index in [4.69, 9.17) is 34.7 Å². The molecule has 1 atom stereocenters. The molecule has 0 bridgehead atoms. The van der Waals surface area contributed by atoms with Crippen LogP contribution in [0.4, 0.5) is 21.9 Å². The first-order valence-electron chi connectivity index (χ1n) is 13.4. The van der Waals surface area contributed by atoms with Gasteiger partial charge >= 0.3 is 6.03 Å². The summed E-state index contributed by atoms with van der Waals surface area (Å²) in [6, 6.07) is 15.8. The number of nitrogens with one attached hydrogen (secondary N) is 2. The smallest absolute Gasteiger partial charge is 0.319 e. The third kappa shape index (κ3) is 9.51. The maximum absolute atomic E-state index is 12.9. The van der Waals surface area contributed by atoms with Crippen molar-refractivity contribution in [3.05, 3.63) is 81.8 Å². The first-order valence-corrected chi connectivity index (χ1v) is 15.7. The molecule has 0 fully saturated rings.